The van der Waals surface area contributed by atoms with Crippen LogP contribution in [0.15, 0.2) is 4.99 Å². The molecule has 0 aromatic heterocycles. The van der Waals surface area contributed by atoms with Crippen molar-refractivity contribution in [2.75, 3.05) is 0 Å². The lowest BCUT2D eigenvalue weighted by Crippen LogP contribution is -1.77. The molecule has 0 fully saturated rings. The SMILES string of the molecule is CC(Br)=[N+]=C=NC#N. The zero-order chi connectivity index (χ0) is 6.41. The van der Waals surface area contributed by atoms with Gasteiger partial charge in [0.1, 0.15) is 4.99 Å². The third-order valence-corrected chi connectivity index (χ3v) is 0.481. The van der Waals surface area contributed by atoms with Crippen molar-refractivity contribution in [3.8, 4) is 6.19 Å². The second kappa shape index (κ2) is 4.29. The van der Waals surface area contributed by atoms with Gasteiger partial charge in [-0.1, -0.05) is 0 Å². The van der Waals surface area contributed by atoms with Crippen molar-refractivity contribution in [1.82, 2.24) is 4.67 Å². The van der Waals surface area contributed by atoms with Crippen LogP contribution in [0.4, 0.5) is 0 Å². The van der Waals surface area contributed by atoms with Crippen LogP contribution in [0.3, 0.4) is 0 Å². The summed E-state index contributed by atoms with van der Waals surface area (Å²) in [4.78, 5) is 3.05. The van der Waals surface area contributed by atoms with Gasteiger partial charge in [-0.05, 0) is 0 Å². The van der Waals surface area contributed by atoms with E-state index < -0.39 is 0 Å². The normalized spacial score (nSPS) is 5.62. The first-order valence-corrected chi connectivity index (χ1v) is 2.60. The summed E-state index contributed by atoms with van der Waals surface area (Å²) in [5, 5.41) is 7.82. The first-order chi connectivity index (χ1) is 3.77. The zero-order valence-corrected chi connectivity index (χ0v) is 5.81. The second-order valence-electron chi connectivity index (χ2n) is 0.921. The predicted octanol–water partition coefficient (Wildman–Crippen LogP) is 0.522. The Kier molecular flexibility index (Phi) is 3.83. The van der Waals surface area contributed by atoms with Crippen LogP contribution in [-0.4, -0.2) is 10.6 Å². The van der Waals surface area contributed by atoms with Gasteiger partial charge < -0.3 is 0 Å². The number of halogens is 1. The highest BCUT2D eigenvalue weighted by Crippen LogP contribution is 1.74. The van der Waals surface area contributed by atoms with Gasteiger partial charge in [-0.15, -0.1) is 9.93 Å². The van der Waals surface area contributed by atoms with Gasteiger partial charge in [-0.25, -0.2) is 0 Å². The van der Waals surface area contributed by atoms with E-state index >= 15 is 0 Å². The van der Waals surface area contributed by atoms with Gasteiger partial charge in [-0.2, -0.15) is 0 Å². The number of hydrogen-bond donors (Lipinski definition) is 0. The molecule has 0 aliphatic heterocycles. The minimum absolute atomic E-state index is 0.650. The summed E-state index contributed by atoms with van der Waals surface area (Å²) in [6, 6.07) is 2.14. The molecule has 40 valence electrons. The van der Waals surface area contributed by atoms with Gasteiger partial charge >= 0.3 is 12.2 Å². The van der Waals surface area contributed by atoms with E-state index in [0.717, 1.165) is 0 Å². The van der Waals surface area contributed by atoms with E-state index in [1.807, 2.05) is 0 Å². The molecule has 0 aliphatic carbocycles. The summed E-state index contributed by atoms with van der Waals surface area (Å²) < 4.78 is 4.16. The van der Waals surface area contributed by atoms with Crippen molar-refractivity contribution >= 4 is 26.6 Å². The fourth-order valence-electron chi connectivity index (χ4n) is 0.116. The predicted molar refractivity (Wildman–Crippen MR) is 34.8 cm³/mol. The van der Waals surface area contributed by atoms with E-state index in [-0.39, 0.29) is 0 Å². The number of aliphatic imine (C=N–C) groups is 1. The Labute approximate surface area is 55.2 Å². The third-order valence-electron chi connectivity index (χ3n) is 0.304. The highest BCUT2D eigenvalue weighted by Gasteiger charge is 1.78. The first-order valence-electron chi connectivity index (χ1n) is 1.81. The molecule has 0 aromatic rings. The fraction of sp³-hybridized carbons (Fsp3) is 0.250. The van der Waals surface area contributed by atoms with E-state index in [2.05, 4.69) is 31.6 Å². The highest BCUT2D eigenvalue weighted by atomic mass is 79.9. The highest BCUT2D eigenvalue weighted by molar-refractivity contribution is 9.18. The molecule has 0 spiro atoms. The van der Waals surface area contributed by atoms with Crippen LogP contribution in [0, 0.1) is 11.5 Å². The van der Waals surface area contributed by atoms with E-state index in [4.69, 9.17) is 5.26 Å². The molecule has 3 nitrogen and oxygen atoms in total. The quantitative estimate of drug-likeness (QED) is 0.299. The van der Waals surface area contributed by atoms with Crippen LogP contribution in [0.2, 0.25) is 0 Å². The summed E-state index contributed by atoms with van der Waals surface area (Å²) in [6.45, 7) is 1.72. The van der Waals surface area contributed by atoms with Crippen molar-refractivity contribution in [2.45, 2.75) is 6.92 Å². The molecule has 0 N–H and O–H groups in total. The minimum atomic E-state index is 0.650. The molecule has 8 heavy (non-hydrogen) atoms. The van der Waals surface area contributed by atoms with E-state index in [1.165, 1.54) is 6.19 Å². The van der Waals surface area contributed by atoms with Crippen molar-refractivity contribution in [3.05, 3.63) is 0 Å². The van der Waals surface area contributed by atoms with Crippen LogP contribution < -0.4 is 4.67 Å². The Hall–Kier alpha value is -0.870. The number of nitrogens with zero attached hydrogens (tertiary/aromatic N) is 3. The summed E-state index contributed by atoms with van der Waals surface area (Å²) in [5.41, 5.74) is 0. The Morgan fingerprint density at radius 3 is 2.88 bits per heavy atom. The number of rotatable bonds is 0. The van der Waals surface area contributed by atoms with Crippen LogP contribution in [-0.2, 0) is 0 Å². The summed E-state index contributed by atoms with van der Waals surface area (Å²) in [5.74, 6) is 0. The van der Waals surface area contributed by atoms with Gasteiger partial charge in [0.15, 0.2) is 0 Å². The van der Waals surface area contributed by atoms with Crippen molar-refractivity contribution in [1.29, 1.82) is 5.26 Å². The van der Waals surface area contributed by atoms with Crippen molar-refractivity contribution in [2.24, 2.45) is 4.99 Å². The second-order valence-corrected chi connectivity index (χ2v) is 2.07. The molecule has 0 unspecified atom stereocenters. The largest absolute Gasteiger partial charge is 0.443 e. The Morgan fingerprint density at radius 2 is 2.50 bits per heavy atom. The van der Waals surface area contributed by atoms with Crippen LogP contribution >= 0.6 is 15.9 Å². The molecule has 0 saturated carbocycles. The van der Waals surface area contributed by atoms with E-state index in [1.54, 1.807) is 6.92 Å². The lowest BCUT2D eigenvalue weighted by atomic mass is 10.9. The molecule has 0 heterocycles. The van der Waals surface area contributed by atoms with Crippen molar-refractivity contribution in [3.63, 3.8) is 0 Å². The molecule has 0 aliphatic rings. The molecule has 0 amide bonds. The maximum absolute atomic E-state index is 7.82. The summed E-state index contributed by atoms with van der Waals surface area (Å²) in [6.07, 6.45) is 1.51. The van der Waals surface area contributed by atoms with Crippen LogP contribution in [0.5, 0.6) is 0 Å². The molecule has 0 radical (unpaired) electrons. The summed E-state index contributed by atoms with van der Waals surface area (Å²) >= 11 is 3.02. The molecule has 0 atom stereocenters. The number of nitriles is 1. The molecular weight excluding hydrogens is 170 g/mol. The standard InChI is InChI=1S/C4H3BrN3/c1-4(5)8-3-7-2-6/h1H3/q+1. The molecule has 0 saturated heterocycles. The van der Waals surface area contributed by atoms with Crippen LogP contribution in [0.1, 0.15) is 6.92 Å². The molecule has 0 aromatic carbocycles. The van der Waals surface area contributed by atoms with Gasteiger partial charge in [0.05, 0.1) is 0 Å². The topological polar surface area (TPSA) is 50.2 Å². The van der Waals surface area contributed by atoms with E-state index in [0.29, 0.717) is 4.62 Å². The summed E-state index contributed by atoms with van der Waals surface area (Å²) in [7, 11) is 0. The number of hydrogen-bond acceptors (Lipinski definition) is 2. The average molecular weight is 173 g/mol. The average Bonchev–Trinajstić information content (AvgIpc) is 1.66. The third kappa shape index (κ3) is 5.13. The fourth-order valence-corrected chi connectivity index (χ4v) is 0.196. The Morgan fingerprint density at radius 1 is 1.88 bits per heavy atom. The minimum Gasteiger partial charge on any atom is -0.149 e. The van der Waals surface area contributed by atoms with Crippen molar-refractivity contribution < 1.29 is 0 Å². The molecular formula is C4H3BrN3+. The smallest absolute Gasteiger partial charge is 0.149 e. The maximum Gasteiger partial charge on any atom is 0.443 e. The van der Waals surface area contributed by atoms with Gasteiger partial charge in [0.25, 0.3) is 4.62 Å². The zero-order valence-electron chi connectivity index (χ0n) is 4.22. The van der Waals surface area contributed by atoms with Gasteiger partial charge in [0, 0.05) is 22.9 Å². The van der Waals surface area contributed by atoms with Crippen LogP contribution in [0.25, 0.3) is 0 Å². The first kappa shape index (κ1) is 7.13. The maximum atomic E-state index is 7.82. The molecule has 0 rings (SSSR count). The molecule has 4 heteroatoms. The van der Waals surface area contributed by atoms with Gasteiger partial charge in [0.2, 0.25) is 0 Å². The van der Waals surface area contributed by atoms with Gasteiger partial charge in [-0.3, -0.25) is 0 Å². The lowest BCUT2D eigenvalue weighted by molar-refractivity contribution is 1.44. The molecule has 0 bridgehead atoms. The monoisotopic (exact) mass is 172 g/mol. The van der Waals surface area contributed by atoms with E-state index in [9.17, 15) is 0 Å². The Balaban J connectivity index is 4.29. The Bertz CT molecular complexity index is 196. The lowest BCUT2D eigenvalue weighted by Gasteiger charge is -1.52.